The van der Waals surface area contributed by atoms with Gasteiger partial charge in [0.2, 0.25) is 0 Å². The standard InChI is InChI=1S/C20H28N2O/c23-19(17-6-11-21-12-7-17)15-22-13-9-20(10-14-22)8-5-16-3-1-2-4-18(16)20/h1-5,8,17,19,21,23H,6-7,9-15H2. The van der Waals surface area contributed by atoms with Gasteiger partial charge in [-0.05, 0) is 68.9 Å². The number of fused-ring (bicyclic) bond motifs is 2. The molecule has 2 N–H and O–H groups in total. The highest BCUT2D eigenvalue weighted by Crippen LogP contribution is 2.43. The summed E-state index contributed by atoms with van der Waals surface area (Å²) in [5, 5.41) is 13.9. The Morgan fingerprint density at radius 2 is 1.91 bits per heavy atom. The van der Waals surface area contributed by atoms with Crippen molar-refractivity contribution in [2.75, 3.05) is 32.7 Å². The van der Waals surface area contributed by atoms with E-state index >= 15 is 0 Å². The van der Waals surface area contributed by atoms with Gasteiger partial charge in [0.15, 0.2) is 0 Å². The number of hydrogen-bond donors (Lipinski definition) is 2. The van der Waals surface area contributed by atoms with Crippen LogP contribution in [0.3, 0.4) is 0 Å². The van der Waals surface area contributed by atoms with Crippen LogP contribution in [0.5, 0.6) is 0 Å². The van der Waals surface area contributed by atoms with Gasteiger partial charge >= 0.3 is 0 Å². The number of nitrogens with one attached hydrogen (secondary N) is 1. The van der Waals surface area contributed by atoms with E-state index in [1.54, 1.807) is 0 Å². The summed E-state index contributed by atoms with van der Waals surface area (Å²) in [4.78, 5) is 2.48. The Labute approximate surface area is 139 Å². The monoisotopic (exact) mass is 312 g/mol. The maximum absolute atomic E-state index is 10.6. The molecule has 0 bridgehead atoms. The molecule has 0 radical (unpaired) electrons. The van der Waals surface area contributed by atoms with Crippen molar-refractivity contribution >= 4 is 6.08 Å². The van der Waals surface area contributed by atoms with Crippen LogP contribution < -0.4 is 5.32 Å². The van der Waals surface area contributed by atoms with Crippen LogP contribution in [0.25, 0.3) is 6.08 Å². The van der Waals surface area contributed by atoms with Gasteiger partial charge in [0.1, 0.15) is 0 Å². The summed E-state index contributed by atoms with van der Waals surface area (Å²) in [5.41, 5.74) is 3.17. The second-order valence-electron chi connectivity index (χ2n) is 7.53. The zero-order valence-electron chi connectivity index (χ0n) is 13.9. The third-order valence-corrected chi connectivity index (χ3v) is 6.20. The molecular weight excluding hydrogens is 284 g/mol. The molecule has 2 aliphatic heterocycles. The minimum absolute atomic E-state index is 0.155. The number of aliphatic hydroxyl groups excluding tert-OH is 1. The number of likely N-dealkylation sites (tertiary alicyclic amines) is 1. The molecule has 3 nitrogen and oxygen atoms in total. The fourth-order valence-electron chi connectivity index (χ4n) is 4.65. The van der Waals surface area contributed by atoms with E-state index in [4.69, 9.17) is 0 Å². The number of aliphatic hydroxyl groups is 1. The zero-order chi connectivity index (χ0) is 15.7. The molecular formula is C20H28N2O. The molecule has 1 aromatic rings. The van der Waals surface area contributed by atoms with Gasteiger partial charge in [-0.2, -0.15) is 0 Å². The molecule has 124 valence electrons. The third kappa shape index (κ3) is 2.98. The van der Waals surface area contributed by atoms with Gasteiger partial charge in [-0.1, -0.05) is 36.4 Å². The van der Waals surface area contributed by atoms with Crippen molar-refractivity contribution in [1.82, 2.24) is 10.2 Å². The molecule has 3 aliphatic rings. The van der Waals surface area contributed by atoms with E-state index in [0.29, 0.717) is 5.92 Å². The van der Waals surface area contributed by atoms with Gasteiger partial charge in [0.25, 0.3) is 0 Å². The average molecular weight is 312 g/mol. The molecule has 0 amide bonds. The van der Waals surface area contributed by atoms with Crippen molar-refractivity contribution in [2.24, 2.45) is 5.92 Å². The summed E-state index contributed by atoms with van der Waals surface area (Å²) < 4.78 is 0. The molecule has 3 heteroatoms. The number of β-amino-alcohol motifs (C(OH)–C–C–N with tert-alkyl or cyclic N) is 1. The molecule has 1 aliphatic carbocycles. The lowest BCUT2D eigenvalue weighted by atomic mass is 9.74. The van der Waals surface area contributed by atoms with Crippen molar-refractivity contribution in [3.63, 3.8) is 0 Å². The van der Waals surface area contributed by atoms with Crippen LogP contribution in [0.4, 0.5) is 0 Å². The summed E-state index contributed by atoms with van der Waals surface area (Å²) in [6, 6.07) is 8.83. The number of allylic oxidation sites excluding steroid dienone is 1. The van der Waals surface area contributed by atoms with Crippen LogP contribution in [-0.2, 0) is 5.41 Å². The summed E-state index contributed by atoms with van der Waals surface area (Å²) in [6.45, 7) is 5.17. The highest BCUT2D eigenvalue weighted by molar-refractivity contribution is 5.65. The second kappa shape index (κ2) is 6.39. The third-order valence-electron chi connectivity index (χ3n) is 6.20. The van der Waals surface area contributed by atoms with E-state index in [1.807, 2.05) is 0 Å². The Hall–Kier alpha value is -1.16. The van der Waals surface area contributed by atoms with Crippen molar-refractivity contribution in [2.45, 2.75) is 37.2 Å². The van der Waals surface area contributed by atoms with Crippen LogP contribution >= 0.6 is 0 Å². The zero-order valence-corrected chi connectivity index (χ0v) is 13.9. The summed E-state index contributed by atoms with van der Waals surface area (Å²) in [6.07, 6.45) is 9.17. The van der Waals surface area contributed by atoms with Gasteiger partial charge in [0.05, 0.1) is 6.10 Å². The quantitative estimate of drug-likeness (QED) is 0.900. The second-order valence-corrected chi connectivity index (χ2v) is 7.53. The lowest BCUT2D eigenvalue weighted by Gasteiger charge is -2.41. The van der Waals surface area contributed by atoms with Gasteiger partial charge in [-0.25, -0.2) is 0 Å². The van der Waals surface area contributed by atoms with Crippen LogP contribution in [0.2, 0.25) is 0 Å². The lowest BCUT2D eigenvalue weighted by molar-refractivity contribution is 0.0388. The van der Waals surface area contributed by atoms with E-state index < -0.39 is 0 Å². The first-order valence-electron chi connectivity index (χ1n) is 9.17. The van der Waals surface area contributed by atoms with Crippen LogP contribution in [0, 0.1) is 5.92 Å². The molecule has 2 saturated heterocycles. The number of hydrogen-bond acceptors (Lipinski definition) is 3. The molecule has 4 rings (SSSR count). The molecule has 1 unspecified atom stereocenters. The highest BCUT2D eigenvalue weighted by atomic mass is 16.3. The van der Waals surface area contributed by atoms with Gasteiger partial charge in [-0.15, -0.1) is 0 Å². The molecule has 2 fully saturated rings. The van der Waals surface area contributed by atoms with Gasteiger partial charge in [-0.3, -0.25) is 0 Å². The number of nitrogens with zero attached hydrogens (tertiary/aromatic N) is 1. The van der Waals surface area contributed by atoms with Crippen LogP contribution in [0.1, 0.15) is 36.8 Å². The van der Waals surface area contributed by atoms with E-state index in [-0.39, 0.29) is 11.5 Å². The van der Waals surface area contributed by atoms with E-state index in [1.165, 1.54) is 24.0 Å². The SMILES string of the molecule is OC(CN1CCC2(C=Cc3ccccc32)CC1)C1CCNCC1. The van der Waals surface area contributed by atoms with Gasteiger partial charge in [0, 0.05) is 12.0 Å². The number of piperidine rings is 2. The minimum Gasteiger partial charge on any atom is -0.392 e. The summed E-state index contributed by atoms with van der Waals surface area (Å²) in [5.74, 6) is 0.485. The van der Waals surface area contributed by atoms with Crippen LogP contribution in [-0.4, -0.2) is 48.8 Å². The van der Waals surface area contributed by atoms with Crippen molar-refractivity contribution in [3.8, 4) is 0 Å². The smallest absolute Gasteiger partial charge is 0.0696 e. The lowest BCUT2D eigenvalue weighted by Crippen LogP contribution is -2.46. The first kappa shape index (κ1) is 15.4. The molecule has 1 aromatic carbocycles. The maximum atomic E-state index is 10.6. The first-order chi connectivity index (χ1) is 11.3. The van der Waals surface area contributed by atoms with Crippen molar-refractivity contribution in [3.05, 3.63) is 41.5 Å². The molecule has 23 heavy (non-hydrogen) atoms. The Morgan fingerprint density at radius 3 is 2.70 bits per heavy atom. The Bertz CT molecular complexity index is 569. The van der Waals surface area contributed by atoms with E-state index in [9.17, 15) is 5.11 Å². The molecule has 1 spiro atoms. The molecule has 2 heterocycles. The minimum atomic E-state index is -0.155. The molecule has 1 atom stereocenters. The average Bonchev–Trinajstić information content (AvgIpc) is 2.97. The summed E-state index contributed by atoms with van der Waals surface area (Å²) in [7, 11) is 0. The maximum Gasteiger partial charge on any atom is 0.0696 e. The number of benzene rings is 1. The topological polar surface area (TPSA) is 35.5 Å². The summed E-state index contributed by atoms with van der Waals surface area (Å²) >= 11 is 0. The largest absolute Gasteiger partial charge is 0.392 e. The van der Waals surface area contributed by atoms with Crippen molar-refractivity contribution in [1.29, 1.82) is 0 Å². The Morgan fingerprint density at radius 1 is 1.17 bits per heavy atom. The fraction of sp³-hybridized carbons (Fsp3) is 0.600. The fourth-order valence-corrected chi connectivity index (χ4v) is 4.65. The van der Waals surface area contributed by atoms with Crippen molar-refractivity contribution < 1.29 is 5.11 Å². The predicted molar refractivity (Wildman–Crippen MR) is 94.4 cm³/mol. The molecule has 0 saturated carbocycles. The highest BCUT2D eigenvalue weighted by Gasteiger charge is 2.38. The normalized spacial score (nSPS) is 25.6. The Kier molecular flexibility index (Phi) is 4.27. The van der Waals surface area contributed by atoms with Crippen LogP contribution in [0.15, 0.2) is 30.3 Å². The van der Waals surface area contributed by atoms with E-state index in [0.717, 1.165) is 45.6 Å². The Balaban J connectivity index is 1.36. The predicted octanol–water partition coefficient (Wildman–Crippen LogP) is 2.41. The van der Waals surface area contributed by atoms with Gasteiger partial charge < -0.3 is 15.3 Å². The molecule has 0 aromatic heterocycles. The number of rotatable bonds is 3. The first-order valence-corrected chi connectivity index (χ1v) is 9.17. The van der Waals surface area contributed by atoms with E-state index in [2.05, 4.69) is 46.6 Å².